The SMILES string of the molecule is Cc1ccc(Cn2cc(NC(=O)CCn3nccc3C(=O)O)cn2)cc1. The van der Waals surface area contributed by atoms with E-state index in [9.17, 15) is 9.59 Å². The van der Waals surface area contributed by atoms with Gasteiger partial charge in [0.1, 0.15) is 5.69 Å². The number of aromatic carboxylic acids is 1. The Balaban J connectivity index is 1.53. The number of carboxylic acids is 1. The van der Waals surface area contributed by atoms with Crippen molar-refractivity contribution in [1.29, 1.82) is 0 Å². The molecule has 8 nitrogen and oxygen atoms in total. The summed E-state index contributed by atoms with van der Waals surface area (Å²) in [5.41, 5.74) is 2.98. The van der Waals surface area contributed by atoms with E-state index in [1.807, 2.05) is 31.2 Å². The van der Waals surface area contributed by atoms with E-state index in [-0.39, 0.29) is 24.6 Å². The molecule has 0 spiro atoms. The van der Waals surface area contributed by atoms with Gasteiger partial charge >= 0.3 is 5.97 Å². The van der Waals surface area contributed by atoms with Crippen LogP contribution in [0.2, 0.25) is 0 Å². The van der Waals surface area contributed by atoms with Crippen LogP contribution in [0.1, 0.15) is 28.0 Å². The minimum Gasteiger partial charge on any atom is -0.477 e. The Labute approximate surface area is 150 Å². The van der Waals surface area contributed by atoms with Crippen LogP contribution in [0.3, 0.4) is 0 Å². The van der Waals surface area contributed by atoms with Crippen molar-refractivity contribution in [3.63, 3.8) is 0 Å². The molecule has 0 aliphatic carbocycles. The number of benzene rings is 1. The summed E-state index contributed by atoms with van der Waals surface area (Å²) in [6.07, 6.45) is 4.86. The second-order valence-electron chi connectivity index (χ2n) is 5.96. The first kappa shape index (κ1) is 17.4. The summed E-state index contributed by atoms with van der Waals surface area (Å²) >= 11 is 0. The summed E-state index contributed by atoms with van der Waals surface area (Å²) in [5, 5.41) is 19.9. The van der Waals surface area contributed by atoms with Crippen LogP contribution in [0.15, 0.2) is 48.9 Å². The third-order valence-electron chi connectivity index (χ3n) is 3.87. The lowest BCUT2D eigenvalue weighted by Crippen LogP contribution is -2.17. The van der Waals surface area contributed by atoms with Crippen molar-refractivity contribution in [2.24, 2.45) is 0 Å². The minimum atomic E-state index is -1.07. The largest absolute Gasteiger partial charge is 0.477 e. The predicted molar refractivity (Wildman–Crippen MR) is 94.9 cm³/mol. The molecule has 26 heavy (non-hydrogen) atoms. The van der Waals surface area contributed by atoms with Crippen LogP contribution in [-0.4, -0.2) is 36.5 Å². The number of hydrogen-bond donors (Lipinski definition) is 2. The number of hydrogen-bond acceptors (Lipinski definition) is 4. The molecule has 0 bridgehead atoms. The van der Waals surface area contributed by atoms with E-state index in [0.717, 1.165) is 5.56 Å². The molecule has 3 aromatic rings. The highest BCUT2D eigenvalue weighted by atomic mass is 16.4. The fraction of sp³-hybridized carbons (Fsp3) is 0.222. The smallest absolute Gasteiger partial charge is 0.354 e. The maximum Gasteiger partial charge on any atom is 0.354 e. The van der Waals surface area contributed by atoms with Crippen LogP contribution in [0, 0.1) is 6.92 Å². The van der Waals surface area contributed by atoms with Crippen LogP contribution in [-0.2, 0) is 17.9 Å². The van der Waals surface area contributed by atoms with E-state index in [2.05, 4.69) is 15.5 Å². The lowest BCUT2D eigenvalue weighted by atomic mass is 10.1. The minimum absolute atomic E-state index is 0.0590. The van der Waals surface area contributed by atoms with E-state index in [1.165, 1.54) is 22.5 Å². The Morgan fingerprint density at radius 2 is 1.92 bits per heavy atom. The highest BCUT2D eigenvalue weighted by Crippen LogP contribution is 2.10. The van der Waals surface area contributed by atoms with Gasteiger partial charge < -0.3 is 10.4 Å². The van der Waals surface area contributed by atoms with Crippen molar-refractivity contribution in [1.82, 2.24) is 19.6 Å². The molecule has 3 rings (SSSR count). The van der Waals surface area contributed by atoms with E-state index < -0.39 is 5.97 Å². The number of carboxylic acid groups (broad SMARTS) is 1. The van der Waals surface area contributed by atoms with Gasteiger partial charge in [-0.2, -0.15) is 10.2 Å². The molecule has 0 fully saturated rings. The first-order valence-electron chi connectivity index (χ1n) is 8.14. The van der Waals surface area contributed by atoms with Crippen molar-refractivity contribution in [3.05, 3.63) is 65.7 Å². The van der Waals surface area contributed by atoms with Gasteiger partial charge in [-0.1, -0.05) is 29.8 Å². The molecule has 134 valence electrons. The average Bonchev–Trinajstić information content (AvgIpc) is 3.24. The standard InChI is InChI=1S/C18H19N5O3/c1-13-2-4-14(5-3-13)11-22-12-15(10-20-22)21-17(24)7-9-23-16(18(25)26)6-8-19-23/h2-6,8,10,12H,7,9,11H2,1H3,(H,21,24)(H,25,26). The van der Waals surface area contributed by atoms with Gasteiger partial charge in [-0.05, 0) is 18.6 Å². The van der Waals surface area contributed by atoms with E-state index in [0.29, 0.717) is 12.2 Å². The van der Waals surface area contributed by atoms with E-state index in [4.69, 9.17) is 5.11 Å². The van der Waals surface area contributed by atoms with Gasteiger partial charge in [-0.3, -0.25) is 14.2 Å². The zero-order chi connectivity index (χ0) is 18.5. The van der Waals surface area contributed by atoms with Crippen LogP contribution in [0.25, 0.3) is 0 Å². The monoisotopic (exact) mass is 353 g/mol. The Bertz CT molecular complexity index is 911. The zero-order valence-corrected chi connectivity index (χ0v) is 14.3. The first-order chi connectivity index (χ1) is 12.5. The summed E-state index contributed by atoms with van der Waals surface area (Å²) in [6.45, 7) is 2.84. The summed E-state index contributed by atoms with van der Waals surface area (Å²) in [4.78, 5) is 23.1. The van der Waals surface area contributed by atoms with Crippen LogP contribution >= 0.6 is 0 Å². The molecular formula is C18H19N5O3. The normalized spacial score (nSPS) is 10.7. The molecule has 2 N–H and O–H groups in total. The average molecular weight is 353 g/mol. The lowest BCUT2D eigenvalue weighted by molar-refractivity contribution is -0.116. The number of aryl methyl sites for hydroxylation is 2. The Morgan fingerprint density at radius 3 is 2.65 bits per heavy atom. The molecule has 0 aliphatic heterocycles. The van der Waals surface area contributed by atoms with Crippen molar-refractivity contribution in [2.75, 3.05) is 5.32 Å². The number of rotatable bonds is 7. The first-order valence-corrected chi connectivity index (χ1v) is 8.14. The number of nitrogens with zero attached hydrogens (tertiary/aromatic N) is 4. The number of amides is 1. The summed E-state index contributed by atoms with van der Waals surface area (Å²) in [7, 11) is 0. The highest BCUT2D eigenvalue weighted by molar-refractivity contribution is 5.90. The quantitative estimate of drug-likeness (QED) is 0.678. The fourth-order valence-electron chi connectivity index (χ4n) is 2.52. The number of carbonyl (C=O) groups excluding carboxylic acids is 1. The zero-order valence-electron chi connectivity index (χ0n) is 14.3. The number of carbonyl (C=O) groups is 2. The molecule has 1 amide bonds. The van der Waals surface area contributed by atoms with E-state index in [1.54, 1.807) is 17.1 Å². The molecule has 0 saturated heterocycles. The number of nitrogens with one attached hydrogen (secondary N) is 1. The Kier molecular flexibility index (Phi) is 5.12. The second kappa shape index (κ2) is 7.64. The molecule has 2 aromatic heterocycles. The summed E-state index contributed by atoms with van der Waals surface area (Å²) in [5.74, 6) is -1.30. The summed E-state index contributed by atoms with van der Waals surface area (Å²) < 4.78 is 3.04. The second-order valence-corrected chi connectivity index (χ2v) is 5.96. The highest BCUT2D eigenvalue weighted by Gasteiger charge is 2.12. The van der Waals surface area contributed by atoms with Gasteiger partial charge in [0.25, 0.3) is 0 Å². The summed E-state index contributed by atoms with van der Waals surface area (Å²) in [6, 6.07) is 9.57. The Morgan fingerprint density at radius 1 is 1.15 bits per heavy atom. The molecule has 1 aromatic carbocycles. The van der Waals surface area contributed by atoms with E-state index >= 15 is 0 Å². The number of aromatic nitrogens is 4. The van der Waals surface area contributed by atoms with Gasteiger partial charge in [0.15, 0.2) is 0 Å². The lowest BCUT2D eigenvalue weighted by Gasteiger charge is -2.05. The van der Waals surface area contributed by atoms with Crippen molar-refractivity contribution in [2.45, 2.75) is 26.4 Å². The van der Waals surface area contributed by atoms with Crippen LogP contribution in [0.4, 0.5) is 5.69 Å². The third-order valence-corrected chi connectivity index (χ3v) is 3.87. The molecule has 0 saturated carbocycles. The topological polar surface area (TPSA) is 102 Å². The maximum atomic E-state index is 12.1. The molecule has 0 radical (unpaired) electrons. The molecule has 0 aliphatic rings. The van der Waals surface area contributed by atoms with Crippen molar-refractivity contribution < 1.29 is 14.7 Å². The molecular weight excluding hydrogens is 334 g/mol. The molecule has 8 heteroatoms. The van der Waals surface area contributed by atoms with Crippen molar-refractivity contribution >= 4 is 17.6 Å². The molecule has 2 heterocycles. The molecule has 0 unspecified atom stereocenters. The van der Waals surface area contributed by atoms with Gasteiger partial charge in [-0.25, -0.2) is 4.79 Å². The van der Waals surface area contributed by atoms with Crippen LogP contribution in [0.5, 0.6) is 0 Å². The van der Waals surface area contributed by atoms with Crippen LogP contribution < -0.4 is 5.32 Å². The number of anilines is 1. The Hall–Kier alpha value is -3.42. The van der Waals surface area contributed by atoms with Gasteiger partial charge in [0, 0.05) is 18.8 Å². The fourth-order valence-corrected chi connectivity index (χ4v) is 2.52. The van der Waals surface area contributed by atoms with Crippen molar-refractivity contribution in [3.8, 4) is 0 Å². The van der Waals surface area contributed by atoms with Gasteiger partial charge in [0.05, 0.1) is 25.0 Å². The van der Waals surface area contributed by atoms with Gasteiger partial charge in [0.2, 0.25) is 5.91 Å². The third kappa shape index (κ3) is 4.35. The maximum absolute atomic E-state index is 12.1. The molecule has 0 atom stereocenters. The van der Waals surface area contributed by atoms with Gasteiger partial charge in [-0.15, -0.1) is 0 Å². The predicted octanol–water partition coefficient (Wildman–Crippen LogP) is 2.16.